The number of amides is 1. The van der Waals surface area contributed by atoms with Gasteiger partial charge < -0.3 is 9.42 Å². The number of nitrogens with zero attached hydrogens (tertiary/aromatic N) is 4. The highest BCUT2D eigenvalue weighted by Gasteiger charge is 2.47. The lowest BCUT2D eigenvalue weighted by Crippen LogP contribution is -2.36. The highest BCUT2D eigenvalue weighted by atomic mass is 19.3. The molecule has 9 heteroatoms. The van der Waals surface area contributed by atoms with E-state index in [4.69, 9.17) is 9.78 Å². The van der Waals surface area contributed by atoms with E-state index in [2.05, 4.69) is 10.1 Å². The second-order valence-electron chi connectivity index (χ2n) is 7.64. The van der Waals surface area contributed by atoms with Crippen LogP contribution < -0.4 is 0 Å². The van der Waals surface area contributed by atoms with Crippen LogP contribution in [0.3, 0.4) is 0 Å². The molecular weight excluding hydrogens is 406 g/mol. The number of alkyl halides is 2. The molecule has 1 aliphatic rings. The lowest BCUT2D eigenvalue weighted by molar-refractivity contribution is -0.132. The van der Waals surface area contributed by atoms with Crippen LogP contribution in [0.2, 0.25) is 0 Å². The van der Waals surface area contributed by atoms with Crippen LogP contribution in [0, 0.1) is 25.2 Å². The molecule has 0 bridgehead atoms. The number of rotatable bonds is 6. The van der Waals surface area contributed by atoms with Crippen molar-refractivity contribution in [2.75, 3.05) is 6.54 Å². The molecule has 1 atom stereocenters. The number of hydrogen-bond acceptors (Lipinski definition) is 6. The number of aromatic nitrogens is 2. The molecule has 2 aromatic rings. The van der Waals surface area contributed by atoms with E-state index in [0.29, 0.717) is 16.9 Å². The average molecular weight is 428 g/mol. The molecule has 0 unspecified atom stereocenters. The van der Waals surface area contributed by atoms with Gasteiger partial charge in [0.1, 0.15) is 11.8 Å². The maximum atomic E-state index is 13.6. The number of likely N-dealkylation sites (tertiary alicyclic amines) is 1. The summed E-state index contributed by atoms with van der Waals surface area (Å²) < 4.78 is 32.3. The van der Waals surface area contributed by atoms with E-state index in [0.717, 1.165) is 21.7 Å². The number of ketones is 1. The smallest absolute Gasteiger partial charge is 0.268 e. The molecule has 0 aromatic carbocycles. The Kier molecular flexibility index (Phi) is 6.29. The number of Topliss-reactive ketones (excluding diaryl/α,β-unsaturated/α-hetero) is 1. The number of aryl methyl sites for hydroxylation is 2. The molecule has 1 saturated heterocycles. The predicted molar refractivity (Wildman–Crippen MR) is 108 cm³/mol. The first-order valence-electron chi connectivity index (χ1n) is 9.78. The zero-order chi connectivity index (χ0) is 22.8. The number of nitriles is 1. The van der Waals surface area contributed by atoms with Crippen LogP contribution in [0.4, 0.5) is 8.78 Å². The highest BCUT2D eigenvalue weighted by Crippen LogP contribution is 2.32. The Morgan fingerprint density at radius 3 is 2.77 bits per heavy atom. The molecule has 0 saturated carbocycles. The van der Waals surface area contributed by atoms with Crippen molar-refractivity contribution in [3.63, 3.8) is 0 Å². The van der Waals surface area contributed by atoms with Crippen molar-refractivity contribution in [3.8, 4) is 6.07 Å². The minimum absolute atomic E-state index is 0.158. The number of hydrogen-bond donors (Lipinski definition) is 0. The summed E-state index contributed by atoms with van der Waals surface area (Å²) in [6, 6.07) is 2.12. The number of pyridine rings is 1. The quantitative estimate of drug-likeness (QED) is 0.646. The van der Waals surface area contributed by atoms with Crippen LogP contribution >= 0.6 is 0 Å². The molecule has 2 aromatic heterocycles. The number of halogens is 2. The van der Waals surface area contributed by atoms with E-state index in [9.17, 15) is 18.4 Å². The maximum Gasteiger partial charge on any atom is 0.268 e. The van der Waals surface area contributed by atoms with Crippen molar-refractivity contribution < 1.29 is 22.9 Å². The summed E-state index contributed by atoms with van der Waals surface area (Å²) in [7, 11) is 0. The summed E-state index contributed by atoms with van der Waals surface area (Å²) in [6.45, 7) is 4.69. The van der Waals surface area contributed by atoms with Gasteiger partial charge in [0.25, 0.3) is 5.92 Å². The summed E-state index contributed by atoms with van der Waals surface area (Å²) >= 11 is 0. The van der Waals surface area contributed by atoms with Gasteiger partial charge in [-0.25, -0.2) is 8.78 Å². The van der Waals surface area contributed by atoms with E-state index in [1.807, 2.05) is 13.8 Å². The van der Waals surface area contributed by atoms with Crippen molar-refractivity contribution in [2.24, 2.45) is 0 Å². The lowest BCUT2D eigenvalue weighted by Gasteiger charge is -2.18. The molecule has 0 spiro atoms. The largest absolute Gasteiger partial charge is 0.361 e. The van der Waals surface area contributed by atoms with Crippen LogP contribution in [0.5, 0.6) is 0 Å². The Hall–Kier alpha value is -3.41. The van der Waals surface area contributed by atoms with Gasteiger partial charge in [-0.15, -0.1) is 0 Å². The second kappa shape index (κ2) is 8.76. The summed E-state index contributed by atoms with van der Waals surface area (Å²) in [5.41, 5.74) is 3.35. The van der Waals surface area contributed by atoms with Crippen molar-refractivity contribution in [1.29, 1.82) is 5.26 Å². The molecule has 3 rings (SSSR count). The molecule has 1 fully saturated rings. The maximum absolute atomic E-state index is 13.6. The van der Waals surface area contributed by atoms with E-state index in [1.165, 1.54) is 6.20 Å². The molecule has 1 amide bonds. The molecule has 0 radical (unpaired) electrons. The minimum Gasteiger partial charge on any atom is -0.361 e. The SMILES string of the molecule is C/C(=C\c1cnccc1C(=O)CCC(=O)N1CC(F)(F)C[C@H]1C#N)c1c(C)noc1C. The Labute approximate surface area is 178 Å². The molecule has 0 N–H and O–H groups in total. The van der Waals surface area contributed by atoms with E-state index in [-0.39, 0.29) is 18.6 Å². The van der Waals surface area contributed by atoms with Gasteiger partial charge in [-0.05, 0) is 38.5 Å². The fourth-order valence-corrected chi connectivity index (χ4v) is 3.82. The van der Waals surface area contributed by atoms with Gasteiger partial charge >= 0.3 is 0 Å². The molecule has 7 nitrogen and oxygen atoms in total. The Bertz CT molecular complexity index is 1070. The molecule has 31 heavy (non-hydrogen) atoms. The third kappa shape index (κ3) is 4.85. The standard InChI is InChI=1S/C22H22F2N4O3/c1-13(21-14(2)27-31-15(21)3)8-16-11-26-7-6-18(16)19(29)4-5-20(30)28-12-22(23,24)9-17(28)10-25/h6-8,11,17H,4-5,9,12H2,1-3H3/b13-8+/t17-/m0/s1. The highest BCUT2D eigenvalue weighted by molar-refractivity contribution is 6.02. The van der Waals surface area contributed by atoms with Gasteiger partial charge in [-0.1, -0.05) is 5.16 Å². The first-order valence-corrected chi connectivity index (χ1v) is 9.78. The van der Waals surface area contributed by atoms with Crippen molar-refractivity contribution >= 4 is 23.3 Å². The van der Waals surface area contributed by atoms with Gasteiger partial charge in [0.15, 0.2) is 5.78 Å². The molecular formula is C22H22F2N4O3. The first-order chi connectivity index (χ1) is 14.6. The Morgan fingerprint density at radius 1 is 1.39 bits per heavy atom. The van der Waals surface area contributed by atoms with Crippen molar-refractivity contribution in [1.82, 2.24) is 15.0 Å². The topological polar surface area (TPSA) is 100 Å². The number of carbonyl (C=O) groups is 2. The lowest BCUT2D eigenvalue weighted by atomic mass is 9.98. The van der Waals surface area contributed by atoms with Crippen molar-refractivity contribution in [3.05, 3.63) is 46.6 Å². The van der Waals surface area contributed by atoms with Gasteiger partial charge in [0, 0.05) is 48.3 Å². The Morgan fingerprint density at radius 2 is 2.13 bits per heavy atom. The fraction of sp³-hybridized carbons (Fsp3) is 0.409. The van der Waals surface area contributed by atoms with Crippen molar-refractivity contribution in [2.45, 2.75) is 52.0 Å². The van der Waals surface area contributed by atoms with Gasteiger partial charge in [0.05, 0.1) is 18.3 Å². The summed E-state index contributed by atoms with van der Waals surface area (Å²) in [5.74, 6) is -3.37. The summed E-state index contributed by atoms with van der Waals surface area (Å²) in [6.07, 6.45) is 3.73. The normalized spacial score (nSPS) is 18.1. The number of allylic oxidation sites excluding steroid dienone is 1. The zero-order valence-electron chi connectivity index (χ0n) is 17.5. The second-order valence-corrected chi connectivity index (χ2v) is 7.64. The summed E-state index contributed by atoms with van der Waals surface area (Å²) in [4.78, 5) is 30.1. The van der Waals surface area contributed by atoms with Gasteiger partial charge in [0.2, 0.25) is 5.91 Å². The molecule has 162 valence electrons. The Balaban J connectivity index is 1.74. The number of carbonyl (C=O) groups excluding carboxylic acids is 2. The predicted octanol–water partition coefficient (Wildman–Crippen LogP) is 3.97. The molecule has 3 heterocycles. The van der Waals surface area contributed by atoms with E-state index < -0.39 is 30.8 Å². The zero-order valence-corrected chi connectivity index (χ0v) is 17.5. The van der Waals surface area contributed by atoms with Gasteiger partial charge in [-0.3, -0.25) is 14.6 Å². The van der Waals surface area contributed by atoms with E-state index >= 15 is 0 Å². The summed E-state index contributed by atoms with van der Waals surface area (Å²) in [5, 5.41) is 13.0. The van der Waals surface area contributed by atoms with Crippen LogP contribution in [0.1, 0.15) is 59.1 Å². The molecule has 0 aliphatic carbocycles. The average Bonchev–Trinajstić information content (AvgIpc) is 3.23. The van der Waals surface area contributed by atoms with Crippen LogP contribution in [-0.2, 0) is 4.79 Å². The van der Waals surface area contributed by atoms with E-state index in [1.54, 1.807) is 31.3 Å². The first kappa shape index (κ1) is 22.3. The van der Waals surface area contributed by atoms with Crippen LogP contribution in [0.25, 0.3) is 11.6 Å². The molecule has 1 aliphatic heterocycles. The monoisotopic (exact) mass is 428 g/mol. The van der Waals surface area contributed by atoms with Crippen LogP contribution in [0.15, 0.2) is 23.0 Å². The van der Waals surface area contributed by atoms with Gasteiger partial charge in [-0.2, -0.15) is 5.26 Å². The fourth-order valence-electron chi connectivity index (χ4n) is 3.82. The van der Waals surface area contributed by atoms with Crippen LogP contribution in [-0.4, -0.2) is 45.2 Å². The minimum atomic E-state index is -3.08. The third-order valence-electron chi connectivity index (χ3n) is 5.26. The third-order valence-corrected chi connectivity index (χ3v) is 5.26.